The van der Waals surface area contributed by atoms with Crippen molar-refractivity contribution in [1.82, 2.24) is 0 Å². The summed E-state index contributed by atoms with van der Waals surface area (Å²) in [7, 11) is 0. The maximum absolute atomic E-state index is 11.7. The van der Waals surface area contributed by atoms with E-state index in [1.165, 1.54) is 18.6 Å². The van der Waals surface area contributed by atoms with Crippen LogP contribution >= 0.6 is 11.6 Å². The Balaban J connectivity index is 2.23. The van der Waals surface area contributed by atoms with Crippen molar-refractivity contribution in [1.29, 1.82) is 0 Å². The van der Waals surface area contributed by atoms with E-state index in [4.69, 9.17) is 11.6 Å². The fraction of sp³-hybridized carbons (Fsp3) is 0.500. The van der Waals surface area contributed by atoms with Crippen molar-refractivity contribution < 1.29 is 9.72 Å². The molecule has 102 valence electrons. The van der Waals surface area contributed by atoms with Gasteiger partial charge in [-0.25, -0.2) is 0 Å². The molecule has 1 fully saturated rings. The summed E-state index contributed by atoms with van der Waals surface area (Å²) < 4.78 is 0. The minimum atomic E-state index is -0.443. The van der Waals surface area contributed by atoms with Crippen LogP contribution in [0.3, 0.4) is 0 Å². The predicted octanol–water partition coefficient (Wildman–Crippen LogP) is 4.02. The molecular formula is C14H16ClNO3. The monoisotopic (exact) mass is 281 g/mol. The van der Waals surface area contributed by atoms with Crippen molar-refractivity contribution in [3.63, 3.8) is 0 Å². The third-order valence-corrected chi connectivity index (χ3v) is 4.06. The zero-order chi connectivity index (χ0) is 13.8. The van der Waals surface area contributed by atoms with Crippen LogP contribution in [0.25, 0.3) is 0 Å². The molecule has 1 aromatic rings. The van der Waals surface area contributed by atoms with E-state index in [-0.39, 0.29) is 22.8 Å². The summed E-state index contributed by atoms with van der Waals surface area (Å²) in [6.45, 7) is 0. The standard InChI is InChI=1S/C14H16ClNO3/c15-14(17)13(10-4-2-1-3-5-10)11-6-8-12(9-7-11)16(18)19/h6-10,13H,1-5H2. The Labute approximate surface area is 116 Å². The molecule has 5 heteroatoms. The average Bonchev–Trinajstić information content (AvgIpc) is 2.40. The van der Waals surface area contributed by atoms with E-state index in [9.17, 15) is 14.9 Å². The van der Waals surface area contributed by atoms with Crippen molar-refractivity contribution >= 4 is 22.5 Å². The molecule has 0 bridgehead atoms. The molecule has 1 aliphatic carbocycles. The van der Waals surface area contributed by atoms with Gasteiger partial charge in [0, 0.05) is 12.1 Å². The Hall–Kier alpha value is -1.42. The van der Waals surface area contributed by atoms with Crippen molar-refractivity contribution in [2.75, 3.05) is 0 Å². The van der Waals surface area contributed by atoms with Crippen LogP contribution in [0.4, 0.5) is 5.69 Å². The summed E-state index contributed by atoms with van der Waals surface area (Å²) in [6, 6.07) is 6.17. The van der Waals surface area contributed by atoms with Gasteiger partial charge in [-0.05, 0) is 35.9 Å². The van der Waals surface area contributed by atoms with Gasteiger partial charge >= 0.3 is 0 Å². The number of nitrogens with zero attached hydrogens (tertiary/aromatic N) is 1. The van der Waals surface area contributed by atoms with Crippen LogP contribution in [0.5, 0.6) is 0 Å². The van der Waals surface area contributed by atoms with E-state index in [2.05, 4.69) is 0 Å². The molecule has 1 unspecified atom stereocenters. The summed E-state index contributed by atoms with van der Waals surface area (Å²) in [5.74, 6) is -0.0667. The van der Waals surface area contributed by atoms with Gasteiger partial charge in [0.2, 0.25) is 5.24 Å². The van der Waals surface area contributed by atoms with Gasteiger partial charge < -0.3 is 0 Å². The zero-order valence-electron chi connectivity index (χ0n) is 10.5. The van der Waals surface area contributed by atoms with E-state index < -0.39 is 4.92 Å². The molecule has 0 radical (unpaired) electrons. The minimum absolute atomic E-state index is 0.0353. The van der Waals surface area contributed by atoms with E-state index in [1.807, 2.05) is 0 Å². The molecule has 1 atom stereocenters. The average molecular weight is 282 g/mol. The molecule has 0 aliphatic heterocycles. The maximum Gasteiger partial charge on any atom is 0.269 e. The number of rotatable bonds is 4. The van der Waals surface area contributed by atoms with Crippen molar-refractivity contribution in [2.24, 2.45) is 5.92 Å². The Morgan fingerprint density at radius 3 is 2.26 bits per heavy atom. The van der Waals surface area contributed by atoms with E-state index in [0.29, 0.717) is 0 Å². The van der Waals surface area contributed by atoms with Crippen LogP contribution in [0, 0.1) is 16.0 Å². The molecule has 0 spiro atoms. The first-order valence-corrected chi connectivity index (χ1v) is 6.91. The topological polar surface area (TPSA) is 60.2 Å². The lowest BCUT2D eigenvalue weighted by molar-refractivity contribution is -0.384. The molecule has 0 N–H and O–H groups in total. The number of nitro groups is 1. The third kappa shape index (κ3) is 3.32. The highest BCUT2D eigenvalue weighted by atomic mass is 35.5. The van der Waals surface area contributed by atoms with Gasteiger partial charge in [0.05, 0.1) is 10.8 Å². The third-order valence-electron chi connectivity index (χ3n) is 3.83. The lowest BCUT2D eigenvalue weighted by Crippen LogP contribution is -2.21. The molecular weight excluding hydrogens is 266 g/mol. The van der Waals surface area contributed by atoms with Crippen LogP contribution in [0.1, 0.15) is 43.6 Å². The highest BCUT2D eigenvalue weighted by Crippen LogP contribution is 2.37. The van der Waals surface area contributed by atoms with Crippen molar-refractivity contribution in [2.45, 2.75) is 38.0 Å². The molecule has 4 nitrogen and oxygen atoms in total. The van der Waals surface area contributed by atoms with Gasteiger partial charge in [-0.15, -0.1) is 0 Å². The lowest BCUT2D eigenvalue weighted by Gasteiger charge is -2.28. The number of non-ortho nitro benzene ring substituents is 1. The van der Waals surface area contributed by atoms with Crippen LogP contribution in [-0.4, -0.2) is 10.2 Å². The number of hydrogen-bond donors (Lipinski definition) is 0. The smallest absolute Gasteiger partial charge is 0.269 e. The molecule has 2 rings (SSSR count). The van der Waals surface area contributed by atoms with Crippen LogP contribution in [0.15, 0.2) is 24.3 Å². The van der Waals surface area contributed by atoms with Crippen LogP contribution in [0.2, 0.25) is 0 Å². The van der Waals surface area contributed by atoms with Crippen LogP contribution in [-0.2, 0) is 4.79 Å². The molecule has 0 amide bonds. The summed E-state index contributed by atoms with van der Waals surface area (Å²) in [4.78, 5) is 21.9. The predicted molar refractivity (Wildman–Crippen MR) is 73.3 cm³/mol. The fourth-order valence-electron chi connectivity index (χ4n) is 2.86. The second-order valence-electron chi connectivity index (χ2n) is 5.03. The first-order chi connectivity index (χ1) is 9.09. The SMILES string of the molecule is O=C(Cl)C(c1ccc([N+](=O)[O-])cc1)C1CCCCC1. The molecule has 0 heterocycles. The minimum Gasteiger partial charge on any atom is -0.281 e. The Bertz CT molecular complexity index is 466. The summed E-state index contributed by atoms with van der Waals surface area (Å²) >= 11 is 5.74. The highest BCUT2D eigenvalue weighted by Gasteiger charge is 2.30. The molecule has 1 saturated carbocycles. The molecule has 19 heavy (non-hydrogen) atoms. The Morgan fingerprint density at radius 1 is 1.21 bits per heavy atom. The molecule has 0 aromatic heterocycles. The van der Waals surface area contributed by atoms with Gasteiger partial charge in [-0.2, -0.15) is 0 Å². The van der Waals surface area contributed by atoms with Gasteiger partial charge in [0.25, 0.3) is 5.69 Å². The Morgan fingerprint density at radius 2 is 1.79 bits per heavy atom. The maximum atomic E-state index is 11.7. The molecule has 1 aromatic carbocycles. The van der Waals surface area contributed by atoms with Gasteiger partial charge in [-0.1, -0.05) is 31.4 Å². The van der Waals surface area contributed by atoms with E-state index in [1.54, 1.807) is 12.1 Å². The Kier molecular flexibility index (Phi) is 4.53. The number of nitro benzene ring substituents is 1. The van der Waals surface area contributed by atoms with Crippen molar-refractivity contribution in [3.05, 3.63) is 39.9 Å². The lowest BCUT2D eigenvalue weighted by atomic mass is 9.77. The summed E-state index contributed by atoms with van der Waals surface area (Å²) in [6.07, 6.45) is 5.46. The second-order valence-corrected chi connectivity index (χ2v) is 5.40. The number of carbonyl (C=O) groups excluding carboxylic acids is 1. The zero-order valence-corrected chi connectivity index (χ0v) is 11.3. The summed E-state index contributed by atoms with van der Waals surface area (Å²) in [5, 5.41) is 10.3. The molecule has 0 saturated heterocycles. The number of carbonyl (C=O) groups is 1. The van der Waals surface area contributed by atoms with Gasteiger partial charge in [0.15, 0.2) is 0 Å². The van der Waals surface area contributed by atoms with Crippen LogP contribution < -0.4 is 0 Å². The van der Waals surface area contributed by atoms with Gasteiger partial charge in [0.1, 0.15) is 0 Å². The highest BCUT2D eigenvalue weighted by molar-refractivity contribution is 6.64. The number of benzene rings is 1. The largest absolute Gasteiger partial charge is 0.281 e. The first-order valence-electron chi connectivity index (χ1n) is 6.53. The number of halogens is 1. The van der Waals surface area contributed by atoms with E-state index in [0.717, 1.165) is 31.2 Å². The first kappa shape index (κ1) is 14.0. The quantitative estimate of drug-likeness (QED) is 0.476. The molecule has 1 aliphatic rings. The van der Waals surface area contributed by atoms with Gasteiger partial charge in [-0.3, -0.25) is 14.9 Å². The van der Waals surface area contributed by atoms with E-state index >= 15 is 0 Å². The summed E-state index contributed by atoms with van der Waals surface area (Å²) in [5.41, 5.74) is 0.825. The number of hydrogen-bond acceptors (Lipinski definition) is 3. The second kappa shape index (κ2) is 6.15. The normalized spacial score (nSPS) is 17.9. The fourth-order valence-corrected chi connectivity index (χ4v) is 3.16. The van der Waals surface area contributed by atoms with Crippen molar-refractivity contribution in [3.8, 4) is 0 Å².